The summed E-state index contributed by atoms with van der Waals surface area (Å²) in [5, 5.41) is 21.7. The molecule has 0 aliphatic rings. The molecular formula is C12H14N4O4. The van der Waals surface area contributed by atoms with Gasteiger partial charge in [-0.3, -0.25) is 4.79 Å². The number of H-pyrrole nitrogens is 1. The highest BCUT2D eigenvalue weighted by atomic mass is 16.5. The van der Waals surface area contributed by atoms with Crippen LogP contribution in [-0.2, 0) is 9.53 Å². The van der Waals surface area contributed by atoms with Crippen LogP contribution in [-0.4, -0.2) is 52.2 Å². The summed E-state index contributed by atoms with van der Waals surface area (Å²) < 4.78 is 4.82. The van der Waals surface area contributed by atoms with Gasteiger partial charge in [-0.2, -0.15) is 15.4 Å². The molecular weight excluding hydrogens is 264 g/mol. The number of fused-ring (bicyclic) bond motifs is 1. The van der Waals surface area contributed by atoms with E-state index in [1.807, 2.05) is 0 Å². The number of benzene rings is 1. The molecule has 1 unspecified atom stereocenters. The Morgan fingerprint density at radius 2 is 2.15 bits per heavy atom. The molecule has 8 heteroatoms. The van der Waals surface area contributed by atoms with Crippen molar-refractivity contribution >= 4 is 22.9 Å². The number of ether oxygens (including phenoxy) is 1. The van der Waals surface area contributed by atoms with Gasteiger partial charge in [-0.05, 0) is 18.2 Å². The van der Waals surface area contributed by atoms with Crippen LogP contribution in [0.5, 0.6) is 0 Å². The lowest BCUT2D eigenvalue weighted by Crippen LogP contribution is -2.41. The number of nitrogens with zero attached hydrogens (tertiary/aromatic N) is 2. The molecule has 0 spiro atoms. The van der Waals surface area contributed by atoms with Crippen LogP contribution >= 0.6 is 0 Å². The second-order valence-electron chi connectivity index (χ2n) is 4.17. The normalized spacial score (nSPS) is 12.2. The van der Waals surface area contributed by atoms with Gasteiger partial charge in [0.15, 0.2) is 0 Å². The van der Waals surface area contributed by atoms with Crippen LogP contribution < -0.4 is 5.32 Å². The molecule has 3 N–H and O–H groups in total. The Morgan fingerprint density at radius 1 is 1.40 bits per heavy atom. The molecule has 0 bridgehead atoms. The van der Waals surface area contributed by atoms with Gasteiger partial charge in [0.1, 0.15) is 17.1 Å². The number of nitrogens with one attached hydrogen (secondary N) is 2. The van der Waals surface area contributed by atoms with Gasteiger partial charge in [0.05, 0.1) is 0 Å². The molecule has 2 aromatic rings. The highest BCUT2D eigenvalue weighted by molar-refractivity contribution is 5.99. The Morgan fingerprint density at radius 3 is 2.85 bits per heavy atom. The zero-order valence-corrected chi connectivity index (χ0v) is 10.8. The Bertz CT molecular complexity index is 625. The highest BCUT2D eigenvalue weighted by Gasteiger charge is 2.20. The van der Waals surface area contributed by atoms with Crippen molar-refractivity contribution in [3.05, 3.63) is 23.8 Å². The topological polar surface area (TPSA) is 117 Å². The van der Waals surface area contributed by atoms with E-state index in [-0.39, 0.29) is 13.0 Å². The van der Waals surface area contributed by atoms with Crippen LogP contribution in [0.3, 0.4) is 0 Å². The first kappa shape index (κ1) is 13.9. The molecule has 2 rings (SSSR count). The number of carbonyl (C=O) groups is 2. The predicted molar refractivity (Wildman–Crippen MR) is 69.3 cm³/mol. The summed E-state index contributed by atoms with van der Waals surface area (Å²) in [6.07, 6.45) is 0.198. The number of aliphatic carboxylic acids is 1. The number of aromatic amines is 1. The predicted octanol–water partition coefficient (Wildman–Crippen LogP) is 0.177. The first-order chi connectivity index (χ1) is 9.61. The van der Waals surface area contributed by atoms with E-state index in [1.54, 1.807) is 18.2 Å². The minimum atomic E-state index is -1.10. The van der Waals surface area contributed by atoms with Crippen molar-refractivity contribution in [3.8, 4) is 0 Å². The van der Waals surface area contributed by atoms with Gasteiger partial charge in [0.25, 0.3) is 5.91 Å². The first-order valence-electron chi connectivity index (χ1n) is 5.95. The number of aromatic nitrogens is 3. The van der Waals surface area contributed by atoms with Crippen LogP contribution in [0.2, 0.25) is 0 Å². The summed E-state index contributed by atoms with van der Waals surface area (Å²) in [4.78, 5) is 23.1. The van der Waals surface area contributed by atoms with Crippen molar-refractivity contribution < 1.29 is 19.4 Å². The number of carbonyl (C=O) groups excluding carboxylic acids is 1. The number of amides is 1. The number of methoxy groups -OCH3 is 1. The van der Waals surface area contributed by atoms with Crippen LogP contribution in [0.25, 0.3) is 11.0 Å². The third-order valence-electron chi connectivity index (χ3n) is 2.79. The van der Waals surface area contributed by atoms with Gasteiger partial charge >= 0.3 is 5.97 Å². The number of carboxylic acid groups (broad SMARTS) is 1. The number of hydrogen-bond acceptors (Lipinski definition) is 5. The summed E-state index contributed by atoms with van der Waals surface area (Å²) in [7, 11) is 1.47. The highest BCUT2D eigenvalue weighted by Crippen LogP contribution is 2.10. The van der Waals surface area contributed by atoms with Crippen molar-refractivity contribution in [1.82, 2.24) is 20.7 Å². The van der Waals surface area contributed by atoms with E-state index < -0.39 is 17.9 Å². The van der Waals surface area contributed by atoms with Gasteiger partial charge in [-0.15, -0.1) is 0 Å². The van der Waals surface area contributed by atoms with Gasteiger partial charge in [-0.1, -0.05) is 0 Å². The molecule has 1 atom stereocenters. The van der Waals surface area contributed by atoms with Crippen molar-refractivity contribution in [2.75, 3.05) is 13.7 Å². The molecule has 0 fully saturated rings. The molecule has 1 heterocycles. The number of hydrogen-bond donors (Lipinski definition) is 3. The van der Waals surface area contributed by atoms with E-state index in [4.69, 9.17) is 9.84 Å². The van der Waals surface area contributed by atoms with Gasteiger partial charge < -0.3 is 15.2 Å². The fraction of sp³-hybridized carbons (Fsp3) is 0.333. The van der Waals surface area contributed by atoms with E-state index >= 15 is 0 Å². The zero-order valence-electron chi connectivity index (χ0n) is 10.8. The maximum atomic E-state index is 12.0. The molecule has 106 valence electrons. The zero-order chi connectivity index (χ0) is 14.5. The lowest BCUT2D eigenvalue weighted by Gasteiger charge is -2.13. The van der Waals surface area contributed by atoms with Gasteiger partial charge in [-0.25, -0.2) is 4.79 Å². The maximum absolute atomic E-state index is 12.0. The second kappa shape index (κ2) is 6.11. The second-order valence-corrected chi connectivity index (χ2v) is 4.17. The molecule has 0 aliphatic heterocycles. The van der Waals surface area contributed by atoms with Crippen molar-refractivity contribution in [1.29, 1.82) is 0 Å². The molecule has 0 saturated carbocycles. The van der Waals surface area contributed by atoms with Gasteiger partial charge in [0, 0.05) is 25.7 Å². The summed E-state index contributed by atoms with van der Waals surface area (Å²) in [5.41, 5.74) is 1.51. The Balaban J connectivity index is 2.10. The molecule has 1 aromatic carbocycles. The fourth-order valence-corrected chi connectivity index (χ4v) is 1.72. The summed E-state index contributed by atoms with van der Waals surface area (Å²) >= 11 is 0. The molecule has 0 radical (unpaired) electrons. The fourth-order valence-electron chi connectivity index (χ4n) is 1.72. The minimum Gasteiger partial charge on any atom is -0.480 e. The Hall–Kier alpha value is -2.48. The average Bonchev–Trinajstić information content (AvgIpc) is 2.90. The van der Waals surface area contributed by atoms with Crippen molar-refractivity contribution in [3.63, 3.8) is 0 Å². The lowest BCUT2D eigenvalue weighted by atomic mass is 10.1. The third kappa shape index (κ3) is 3.09. The van der Waals surface area contributed by atoms with Crippen molar-refractivity contribution in [2.45, 2.75) is 12.5 Å². The summed E-state index contributed by atoms with van der Waals surface area (Å²) in [6, 6.07) is 3.76. The van der Waals surface area contributed by atoms with E-state index in [0.717, 1.165) is 0 Å². The smallest absolute Gasteiger partial charge is 0.326 e. The number of rotatable bonds is 6. The lowest BCUT2D eigenvalue weighted by molar-refractivity contribution is -0.139. The Labute approximate surface area is 114 Å². The van der Waals surface area contributed by atoms with E-state index in [0.29, 0.717) is 16.6 Å². The van der Waals surface area contributed by atoms with Crippen LogP contribution in [0, 0.1) is 0 Å². The molecule has 20 heavy (non-hydrogen) atoms. The minimum absolute atomic E-state index is 0.198. The average molecular weight is 278 g/mol. The summed E-state index contributed by atoms with van der Waals surface area (Å²) in [6.45, 7) is 0.250. The van der Waals surface area contributed by atoms with Crippen LogP contribution in [0.4, 0.5) is 0 Å². The SMILES string of the molecule is COCCC(NC(=O)c1ccc2n[nH]nc2c1)C(=O)O. The molecule has 0 saturated heterocycles. The molecule has 1 amide bonds. The van der Waals surface area contributed by atoms with Crippen LogP contribution in [0.1, 0.15) is 16.8 Å². The quantitative estimate of drug-likeness (QED) is 0.693. The third-order valence-corrected chi connectivity index (χ3v) is 2.79. The number of carboxylic acids is 1. The van der Waals surface area contributed by atoms with E-state index in [9.17, 15) is 9.59 Å². The van der Waals surface area contributed by atoms with Crippen LogP contribution in [0.15, 0.2) is 18.2 Å². The summed E-state index contributed by atoms with van der Waals surface area (Å²) in [5.74, 6) is -1.57. The molecule has 1 aromatic heterocycles. The standard InChI is InChI=1S/C12H14N4O4/c1-20-5-4-9(12(18)19)13-11(17)7-2-3-8-10(6-7)15-16-14-8/h2-3,6,9H,4-5H2,1H3,(H,13,17)(H,18,19)(H,14,15,16). The van der Waals surface area contributed by atoms with E-state index in [2.05, 4.69) is 20.7 Å². The first-order valence-corrected chi connectivity index (χ1v) is 5.95. The largest absolute Gasteiger partial charge is 0.480 e. The molecule has 8 nitrogen and oxygen atoms in total. The molecule has 0 aliphatic carbocycles. The maximum Gasteiger partial charge on any atom is 0.326 e. The monoisotopic (exact) mass is 278 g/mol. The van der Waals surface area contributed by atoms with Crippen molar-refractivity contribution in [2.24, 2.45) is 0 Å². The Kier molecular flexibility index (Phi) is 4.26. The van der Waals surface area contributed by atoms with Gasteiger partial charge in [0.2, 0.25) is 0 Å². The van der Waals surface area contributed by atoms with E-state index in [1.165, 1.54) is 7.11 Å².